The fraction of sp³-hybridized carbons (Fsp3) is 0.176. The minimum absolute atomic E-state index is 0.0326. The van der Waals surface area contributed by atoms with Gasteiger partial charge in [0.1, 0.15) is 6.04 Å². The van der Waals surface area contributed by atoms with Crippen molar-refractivity contribution in [3.63, 3.8) is 0 Å². The molecule has 132 valence electrons. The molecule has 0 saturated carbocycles. The van der Waals surface area contributed by atoms with Crippen molar-refractivity contribution in [2.45, 2.75) is 12.5 Å². The Bertz CT molecular complexity index is 838. The average Bonchev–Trinajstić information content (AvgIpc) is 2.54. The highest BCUT2D eigenvalue weighted by Crippen LogP contribution is 2.19. The van der Waals surface area contributed by atoms with Crippen LogP contribution in [0.25, 0.3) is 0 Å². The molecule has 7 nitrogen and oxygen atoms in total. The van der Waals surface area contributed by atoms with Crippen LogP contribution in [0.1, 0.15) is 5.56 Å². The number of amides is 2. The third kappa shape index (κ3) is 5.05. The van der Waals surface area contributed by atoms with Crippen LogP contribution in [0.2, 0.25) is 0 Å². The van der Waals surface area contributed by atoms with Crippen molar-refractivity contribution in [3.05, 3.63) is 66.2 Å². The molecular weight excluding hydrogens is 344 g/mol. The maximum absolute atomic E-state index is 12.9. The number of benzene rings is 2. The summed E-state index contributed by atoms with van der Waals surface area (Å²) in [5.74, 6) is -0.861. The number of carbonyl (C=O) groups is 2. The Morgan fingerprint density at radius 2 is 1.56 bits per heavy atom. The Hall–Kier alpha value is -2.87. The molecular formula is C17H18N2O5S. The summed E-state index contributed by atoms with van der Waals surface area (Å²) in [6, 6.07) is 15.3. The standard InChI is InChI=1S/C17H18N2O5S/c1-25(23,24)19(14-10-6-3-7-11-14)16(20)15(18-17(21)22)12-13-8-4-2-5-9-13/h2-11,15,18H,12H2,1H3,(H,21,22). The number of carbonyl (C=O) groups excluding carboxylic acids is 1. The molecule has 2 aromatic rings. The first-order chi connectivity index (χ1) is 11.8. The fourth-order valence-electron chi connectivity index (χ4n) is 2.39. The van der Waals surface area contributed by atoms with Crippen molar-refractivity contribution >= 4 is 27.7 Å². The average molecular weight is 362 g/mol. The Morgan fingerprint density at radius 3 is 2.04 bits per heavy atom. The van der Waals surface area contributed by atoms with Gasteiger partial charge in [0.2, 0.25) is 10.0 Å². The second-order valence-corrected chi connectivity index (χ2v) is 7.22. The van der Waals surface area contributed by atoms with Gasteiger partial charge in [-0.3, -0.25) is 4.79 Å². The van der Waals surface area contributed by atoms with Gasteiger partial charge in [0.25, 0.3) is 5.91 Å². The molecule has 0 saturated heterocycles. The van der Waals surface area contributed by atoms with Gasteiger partial charge in [-0.2, -0.15) is 0 Å². The summed E-state index contributed by atoms with van der Waals surface area (Å²) in [5.41, 5.74) is 0.858. The van der Waals surface area contributed by atoms with Crippen LogP contribution in [0.4, 0.5) is 10.5 Å². The summed E-state index contributed by atoms with van der Waals surface area (Å²) in [6.07, 6.45) is -0.473. The van der Waals surface area contributed by atoms with Crippen molar-refractivity contribution in [1.29, 1.82) is 0 Å². The zero-order valence-corrected chi connectivity index (χ0v) is 14.3. The summed E-state index contributed by atoms with van der Waals surface area (Å²) < 4.78 is 24.9. The van der Waals surface area contributed by atoms with E-state index in [0.29, 0.717) is 9.87 Å². The number of para-hydroxylation sites is 1. The van der Waals surface area contributed by atoms with Crippen LogP contribution in [0, 0.1) is 0 Å². The SMILES string of the molecule is CS(=O)(=O)N(C(=O)C(Cc1ccccc1)NC(=O)O)c1ccccc1. The molecule has 0 spiro atoms. The summed E-state index contributed by atoms with van der Waals surface area (Å²) in [4.78, 5) is 23.9. The number of rotatable bonds is 6. The molecule has 0 aliphatic carbocycles. The van der Waals surface area contributed by atoms with Crippen LogP contribution in [-0.4, -0.2) is 37.8 Å². The lowest BCUT2D eigenvalue weighted by molar-refractivity contribution is -0.119. The first-order valence-corrected chi connectivity index (χ1v) is 9.26. The molecule has 8 heteroatoms. The molecule has 0 aliphatic rings. The molecule has 0 aliphatic heterocycles. The van der Waals surface area contributed by atoms with Crippen LogP contribution in [0.3, 0.4) is 0 Å². The Morgan fingerprint density at radius 1 is 1.04 bits per heavy atom. The predicted octanol–water partition coefficient (Wildman–Crippen LogP) is 1.86. The number of hydrogen-bond donors (Lipinski definition) is 2. The molecule has 2 aromatic carbocycles. The van der Waals surface area contributed by atoms with Gasteiger partial charge in [0.15, 0.2) is 0 Å². The van der Waals surface area contributed by atoms with Gasteiger partial charge in [-0.15, -0.1) is 0 Å². The first-order valence-electron chi connectivity index (χ1n) is 7.41. The topological polar surface area (TPSA) is 104 Å². The number of sulfonamides is 1. The van der Waals surface area contributed by atoms with Crippen molar-refractivity contribution in [3.8, 4) is 0 Å². The van der Waals surface area contributed by atoms with Crippen molar-refractivity contribution in [1.82, 2.24) is 5.32 Å². The molecule has 1 unspecified atom stereocenters. The molecule has 0 aromatic heterocycles. The second kappa shape index (κ2) is 7.80. The molecule has 2 rings (SSSR count). The minimum Gasteiger partial charge on any atom is -0.465 e. The third-order valence-electron chi connectivity index (χ3n) is 3.40. The summed E-state index contributed by atoms with van der Waals surface area (Å²) in [5, 5.41) is 11.1. The van der Waals surface area contributed by atoms with Crippen LogP contribution in [0.5, 0.6) is 0 Å². The molecule has 2 N–H and O–H groups in total. The highest BCUT2D eigenvalue weighted by molar-refractivity contribution is 7.92. The van der Waals surface area contributed by atoms with Crippen LogP contribution < -0.4 is 9.62 Å². The van der Waals surface area contributed by atoms with E-state index in [1.807, 2.05) is 0 Å². The molecule has 0 radical (unpaired) electrons. The van der Waals surface area contributed by atoms with Gasteiger partial charge in [0, 0.05) is 6.42 Å². The molecule has 2 amide bonds. The van der Waals surface area contributed by atoms with Crippen molar-refractivity contribution in [2.75, 3.05) is 10.6 Å². The monoisotopic (exact) mass is 362 g/mol. The van der Waals surface area contributed by atoms with E-state index < -0.39 is 28.1 Å². The van der Waals surface area contributed by atoms with Gasteiger partial charge < -0.3 is 10.4 Å². The fourth-order valence-corrected chi connectivity index (χ4v) is 3.34. The van der Waals surface area contributed by atoms with Crippen molar-refractivity contribution in [2.24, 2.45) is 0 Å². The normalized spacial score (nSPS) is 12.2. The van der Waals surface area contributed by atoms with E-state index in [1.54, 1.807) is 48.5 Å². The lowest BCUT2D eigenvalue weighted by Crippen LogP contribution is -2.51. The Kier molecular flexibility index (Phi) is 5.76. The highest BCUT2D eigenvalue weighted by atomic mass is 32.2. The Balaban J connectivity index is 2.39. The van der Waals surface area contributed by atoms with Crippen molar-refractivity contribution < 1.29 is 23.1 Å². The van der Waals surface area contributed by atoms with E-state index in [4.69, 9.17) is 5.11 Å². The summed E-state index contributed by atoms with van der Waals surface area (Å²) >= 11 is 0. The first kappa shape index (κ1) is 18.5. The molecule has 0 heterocycles. The van der Waals surface area contributed by atoms with Gasteiger partial charge in [-0.05, 0) is 17.7 Å². The predicted molar refractivity (Wildman–Crippen MR) is 93.9 cm³/mol. The quantitative estimate of drug-likeness (QED) is 0.816. The van der Waals surface area contributed by atoms with Crippen LogP contribution in [-0.2, 0) is 21.2 Å². The summed E-state index contributed by atoms with van der Waals surface area (Å²) in [7, 11) is -3.94. The van der Waals surface area contributed by atoms with Gasteiger partial charge >= 0.3 is 6.09 Å². The number of nitrogens with zero attached hydrogens (tertiary/aromatic N) is 1. The second-order valence-electron chi connectivity index (χ2n) is 5.39. The maximum Gasteiger partial charge on any atom is 0.405 e. The smallest absolute Gasteiger partial charge is 0.405 e. The summed E-state index contributed by atoms with van der Waals surface area (Å²) in [6.45, 7) is 0. The number of carboxylic acid groups (broad SMARTS) is 1. The number of anilines is 1. The number of hydrogen-bond acceptors (Lipinski definition) is 4. The largest absolute Gasteiger partial charge is 0.465 e. The number of nitrogens with one attached hydrogen (secondary N) is 1. The van der Waals surface area contributed by atoms with Gasteiger partial charge in [-0.25, -0.2) is 17.5 Å². The zero-order valence-electron chi connectivity index (χ0n) is 13.5. The third-order valence-corrected chi connectivity index (χ3v) is 4.46. The minimum atomic E-state index is -3.94. The maximum atomic E-state index is 12.9. The zero-order chi connectivity index (χ0) is 18.4. The lowest BCUT2D eigenvalue weighted by atomic mass is 10.1. The van der Waals surface area contributed by atoms with Gasteiger partial charge in [-0.1, -0.05) is 48.5 Å². The molecule has 1 atom stereocenters. The van der Waals surface area contributed by atoms with E-state index in [9.17, 15) is 18.0 Å². The Labute approximate surface area is 146 Å². The molecule has 25 heavy (non-hydrogen) atoms. The van der Waals surface area contributed by atoms with E-state index in [0.717, 1.165) is 6.26 Å². The lowest BCUT2D eigenvalue weighted by Gasteiger charge is -2.25. The van der Waals surface area contributed by atoms with E-state index in [-0.39, 0.29) is 12.1 Å². The highest BCUT2D eigenvalue weighted by Gasteiger charge is 2.32. The van der Waals surface area contributed by atoms with Crippen LogP contribution in [0.15, 0.2) is 60.7 Å². The van der Waals surface area contributed by atoms with E-state index in [2.05, 4.69) is 5.32 Å². The molecule has 0 bridgehead atoms. The van der Waals surface area contributed by atoms with Gasteiger partial charge in [0.05, 0.1) is 11.9 Å². The molecule has 0 fully saturated rings. The van der Waals surface area contributed by atoms with Crippen LogP contribution >= 0.6 is 0 Å². The van der Waals surface area contributed by atoms with E-state index in [1.165, 1.54) is 12.1 Å². The van der Waals surface area contributed by atoms with E-state index >= 15 is 0 Å².